The van der Waals surface area contributed by atoms with Crippen molar-refractivity contribution in [2.24, 2.45) is 17.6 Å². The van der Waals surface area contributed by atoms with Gasteiger partial charge < -0.3 is 10.8 Å². The fraction of sp³-hybridized carbons (Fsp3) is 1.00. The van der Waals surface area contributed by atoms with Gasteiger partial charge in [0, 0.05) is 12.1 Å². The lowest BCUT2D eigenvalue weighted by Crippen LogP contribution is -2.45. The third kappa shape index (κ3) is 1.09. The number of hydrogen-bond donors (Lipinski definition) is 2. The molecular weight excluding hydrogens is 138 g/mol. The lowest BCUT2D eigenvalue weighted by molar-refractivity contribution is 0.188. The highest BCUT2D eigenvalue weighted by atomic mass is 16.3. The smallest absolute Gasteiger partial charge is 0.0448 e. The maximum absolute atomic E-state index is 8.84. The highest BCUT2D eigenvalue weighted by Gasteiger charge is 2.47. The fourth-order valence-corrected chi connectivity index (χ4v) is 3.00. The van der Waals surface area contributed by atoms with Crippen molar-refractivity contribution in [3.05, 3.63) is 0 Å². The van der Waals surface area contributed by atoms with Crippen molar-refractivity contribution in [3.8, 4) is 0 Å². The van der Waals surface area contributed by atoms with Crippen LogP contribution >= 0.6 is 0 Å². The molecule has 0 aromatic rings. The highest BCUT2D eigenvalue weighted by molar-refractivity contribution is 5.03. The molecule has 3 unspecified atom stereocenters. The van der Waals surface area contributed by atoms with Crippen LogP contribution in [0.3, 0.4) is 0 Å². The van der Waals surface area contributed by atoms with Gasteiger partial charge in [0.25, 0.3) is 0 Å². The van der Waals surface area contributed by atoms with Crippen LogP contribution in [-0.4, -0.2) is 17.3 Å². The lowest BCUT2D eigenvalue weighted by atomic mass is 9.80. The third-order valence-corrected chi connectivity index (χ3v) is 3.60. The first-order chi connectivity index (χ1) is 5.24. The Balaban J connectivity index is 2.04. The molecule has 0 amide bonds. The Labute approximate surface area is 67.8 Å². The Morgan fingerprint density at radius 2 is 2.27 bits per heavy atom. The van der Waals surface area contributed by atoms with Gasteiger partial charge >= 0.3 is 0 Å². The monoisotopic (exact) mass is 155 g/mol. The second-order valence-electron chi connectivity index (χ2n) is 4.29. The van der Waals surface area contributed by atoms with Gasteiger partial charge in [-0.25, -0.2) is 0 Å². The molecule has 3 atom stereocenters. The van der Waals surface area contributed by atoms with Crippen LogP contribution in [0.15, 0.2) is 0 Å². The maximum atomic E-state index is 8.84. The quantitative estimate of drug-likeness (QED) is 0.622. The van der Waals surface area contributed by atoms with E-state index < -0.39 is 0 Å². The Morgan fingerprint density at radius 3 is 2.73 bits per heavy atom. The van der Waals surface area contributed by atoms with Gasteiger partial charge in [-0.1, -0.05) is 6.42 Å². The van der Waals surface area contributed by atoms with Crippen molar-refractivity contribution in [2.45, 2.75) is 37.6 Å². The number of fused-ring (bicyclic) bond motifs is 2. The van der Waals surface area contributed by atoms with Gasteiger partial charge in [0.1, 0.15) is 0 Å². The van der Waals surface area contributed by atoms with E-state index in [4.69, 9.17) is 10.8 Å². The molecule has 0 saturated heterocycles. The molecule has 0 spiro atoms. The second-order valence-corrected chi connectivity index (χ2v) is 4.29. The van der Waals surface area contributed by atoms with E-state index in [1.807, 2.05) is 0 Å². The standard InChI is InChI=1S/C9H17NO/c10-9(3-4-11)6-7-1-2-8(9)5-7/h7-8,11H,1-6,10H2. The van der Waals surface area contributed by atoms with Gasteiger partial charge in [0.2, 0.25) is 0 Å². The first-order valence-electron chi connectivity index (χ1n) is 4.64. The van der Waals surface area contributed by atoms with Crippen LogP contribution in [0.2, 0.25) is 0 Å². The summed E-state index contributed by atoms with van der Waals surface area (Å²) < 4.78 is 0. The van der Waals surface area contributed by atoms with E-state index >= 15 is 0 Å². The zero-order chi connectivity index (χ0) is 7.90. The molecular formula is C9H17NO. The molecule has 0 aromatic carbocycles. The average molecular weight is 155 g/mol. The molecule has 2 aliphatic carbocycles. The van der Waals surface area contributed by atoms with Gasteiger partial charge in [-0.05, 0) is 37.5 Å². The molecule has 0 heterocycles. The van der Waals surface area contributed by atoms with Crippen molar-refractivity contribution in [1.29, 1.82) is 0 Å². The number of nitrogens with two attached hydrogens (primary N) is 1. The molecule has 3 N–H and O–H groups in total. The van der Waals surface area contributed by atoms with Crippen molar-refractivity contribution < 1.29 is 5.11 Å². The molecule has 2 rings (SSSR count). The maximum Gasteiger partial charge on any atom is 0.0448 e. The average Bonchev–Trinajstić information content (AvgIpc) is 2.45. The van der Waals surface area contributed by atoms with Crippen LogP contribution in [0.4, 0.5) is 0 Å². The molecule has 2 heteroatoms. The Hall–Kier alpha value is -0.0800. The van der Waals surface area contributed by atoms with E-state index in [1.54, 1.807) is 0 Å². The van der Waals surface area contributed by atoms with Gasteiger partial charge in [-0.15, -0.1) is 0 Å². The zero-order valence-corrected chi connectivity index (χ0v) is 6.92. The Kier molecular flexibility index (Phi) is 1.69. The van der Waals surface area contributed by atoms with E-state index in [1.165, 1.54) is 19.3 Å². The molecule has 2 aliphatic rings. The summed E-state index contributed by atoms with van der Waals surface area (Å²) in [4.78, 5) is 0. The van der Waals surface area contributed by atoms with Crippen LogP contribution in [-0.2, 0) is 0 Å². The molecule has 2 fully saturated rings. The van der Waals surface area contributed by atoms with E-state index in [9.17, 15) is 0 Å². The topological polar surface area (TPSA) is 46.2 Å². The minimum Gasteiger partial charge on any atom is -0.396 e. The van der Waals surface area contributed by atoms with Crippen LogP contribution in [0, 0.1) is 11.8 Å². The zero-order valence-electron chi connectivity index (χ0n) is 6.92. The summed E-state index contributed by atoms with van der Waals surface area (Å²) >= 11 is 0. The minimum absolute atomic E-state index is 0.0116. The third-order valence-electron chi connectivity index (χ3n) is 3.60. The normalized spacial score (nSPS) is 48.5. The molecule has 2 nitrogen and oxygen atoms in total. The van der Waals surface area contributed by atoms with Gasteiger partial charge in [0.15, 0.2) is 0 Å². The first-order valence-corrected chi connectivity index (χ1v) is 4.64. The molecule has 11 heavy (non-hydrogen) atoms. The Bertz CT molecular complexity index is 160. The van der Waals surface area contributed by atoms with Gasteiger partial charge in [0.05, 0.1) is 0 Å². The molecule has 2 bridgehead atoms. The first kappa shape index (κ1) is 7.56. The van der Waals surface area contributed by atoms with Crippen molar-refractivity contribution in [2.75, 3.05) is 6.61 Å². The van der Waals surface area contributed by atoms with E-state index in [0.29, 0.717) is 0 Å². The Morgan fingerprint density at radius 1 is 1.45 bits per heavy atom. The molecule has 2 saturated carbocycles. The van der Waals surface area contributed by atoms with E-state index in [2.05, 4.69) is 0 Å². The van der Waals surface area contributed by atoms with E-state index in [0.717, 1.165) is 24.7 Å². The van der Waals surface area contributed by atoms with Gasteiger partial charge in [-0.2, -0.15) is 0 Å². The molecule has 0 aliphatic heterocycles. The highest BCUT2D eigenvalue weighted by Crippen LogP contribution is 2.50. The SMILES string of the molecule is NC1(CCO)CC2CCC1C2. The largest absolute Gasteiger partial charge is 0.396 e. The fourth-order valence-electron chi connectivity index (χ4n) is 3.00. The summed E-state index contributed by atoms with van der Waals surface area (Å²) in [6, 6.07) is 0. The summed E-state index contributed by atoms with van der Waals surface area (Å²) in [6.45, 7) is 0.264. The number of rotatable bonds is 2. The molecule has 64 valence electrons. The minimum atomic E-state index is 0.0116. The summed E-state index contributed by atoms with van der Waals surface area (Å²) in [6.07, 6.45) is 6.00. The number of hydrogen-bond acceptors (Lipinski definition) is 2. The predicted molar refractivity (Wildman–Crippen MR) is 44.1 cm³/mol. The summed E-state index contributed by atoms with van der Waals surface area (Å²) in [5.74, 6) is 1.61. The van der Waals surface area contributed by atoms with Crippen LogP contribution in [0.5, 0.6) is 0 Å². The van der Waals surface area contributed by atoms with Crippen LogP contribution < -0.4 is 5.73 Å². The van der Waals surface area contributed by atoms with Gasteiger partial charge in [-0.3, -0.25) is 0 Å². The van der Waals surface area contributed by atoms with Crippen molar-refractivity contribution in [3.63, 3.8) is 0 Å². The lowest BCUT2D eigenvalue weighted by Gasteiger charge is -2.33. The number of aliphatic hydroxyl groups is 1. The number of aliphatic hydroxyl groups excluding tert-OH is 1. The van der Waals surface area contributed by atoms with Crippen molar-refractivity contribution in [1.82, 2.24) is 0 Å². The summed E-state index contributed by atoms with van der Waals surface area (Å²) in [5.41, 5.74) is 6.21. The summed E-state index contributed by atoms with van der Waals surface area (Å²) in [7, 11) is 0. The van der Waals surface area contributed by atoms with Crippen LogP contribution in [0.25, 0.3) is 0 Å². The second kappa shape index (κ2) is 2.46. The molecule has 0 radical (unpaired) electrons. The predicted octanol–water partition coefficient (Wildman–Crippen LogP) is 0.886. The summed E-state index contributed by atoms with van der Waals surface area (Å²) in [5, 5.41) is 8.84. The molecule has 0 aromatic heterocycles. The van der Waals surface area contributed by atoms with E-state index in [-0.39, 0.29) is 12.1 Å². The van der Waals surface area contributed by atoms with Crippen molar-refractivity contribution >= 4 is 0 Å². The van der Waals surface area contributed by atoms with Crippen LogP contribution in [0.1, 0.15) is 32.1 Å².